The first kappa shape index (κ1) is 13.9. The van der Waals surface area contributed by atoms with Crippen molar-refractivity contribution in [1.29, 1.82) is 0 Å². The van der Waals surface area contributed by atoms with E-state index < -0.39 is 11.9 Å². The minimum Gasteiger partial charge on any atom is -0.497 e. The van der Waals surface area contributed by atoms with E-state index in [0.29, 0.717) is 19.5 Å². The molecule has 0 unspecified atom stereocenters. The summed E-state index contributed by atoms with van der Waals surface area (Å²) in [7, 11) is 1.63. The number of carboxylic acid groups (broad SMARTS) is 1. The Morgan fingerprint density at radius 2 is 2.19 bits per heavy atom. The van der Waals surface area contributed by atoms with Crippen molar-refractivity contribution in [1.82, 2.24) is 4.90 Å². The number of nitrogens with zero attached hydrogens (tertiary/aromatic N) is 1. The van der Waals surface area contributed by atoms with Crippen molar-refractivity contribution in [2.75, 3.05) is 20.2 Å². The van der Waals surface area contributed by atoms with Crippen molar-refractivity contribution in [2.24, 2.45) is 11.8 Å². The van der Waals surface area contributed by atoms with Crippen LogP contribution in [0.1, 0.15) is 24.3 Å². The molecule has 0 spiro atoms. The first-order chi connectivity index (χ1) is 10.1. The van der Waals surface area contributed by atoms with Crippen LogP contribution in [-0.2, 0) is 9.59 Å². The van der Waals surface area contributed by atoms with Gasteiger partial charge in [-0.2, -0.15) is 0 Å². The van der Waals surface area contributed by atoms with Crippen LogP contribution >= 0.6 is 0 Å². The third-order valence-corrected chi connectivity index (χ3v) is 4.48. The topological polar surface area (TPSA) is 66.8 Å². The number of amides is 1. The molecule has 112 valence electrons. The van der Waals surface area contributed by atoms with Crippen LogP contribution < -0.4 is 4.74 Å². The number of aliphatic carboxylic acids is 1. The summed E-state index contributed by atoms with van der Waals surface area (Å²) in [6, 6.07) is 7.82. The summed E-state index contributed by atoms with van der Waals surface area (Å²) in [5.74, 6) is -0.0428. The minimum absolute atomic E-state index is 0.00431. The van der Waals surface area contributed by atoms with E-state index in [1.165, 1.54) is 0 Å². The molecule has 1 aromatic carbocycles. The zero-order valence-electron chi connectivity index (χ0n) is 12.0. The van der Waals surface area contributed by atoms with E-state index in [1.807, 2.05) is 24.3 Å². The van der Waals surface area contributed by atoms with Crippen molar-refractivity contribution >= 4 is 11.9 Å². The molecule has 3 rings (SSSR count). The summed E-state index contributed by atoms with van der Waals surface area (Å²) < 4.78 is 5.21. The number of rotatable bonds is 4. The van der Waals surface area contributed by atoms with Gasteiger partial charge in [-0.15, -0.1) is 0 Å². The second kappa shape index (κ2) is 5.39. The van der Waals surface area contributed by atoms with E-state index >= 15 is 0 Å². The number of ether oxygens (including phenoxy) is 1. The fourth-order valence-corrected chi connectivity index (χ4v) is 3.10. The molecule has 0 bridgehead atoms. The molecule has 21 heavy (non-hydrogen) atoms. The molecule has 3 atom stereocenters. The lowest BCUT2D eigenvalue weighted by atomic mass is 10.1. The van der Waals surface area contributed by atoms with Crippen molar-refractivity contribution < 1.29 is 19.4 Å². The molecule has 1 saturated heterocycles. The van der Waals surface area contributed by atoms with Crippen molar-refractivity contribution in [3.63, 3.8) is 0 Å². The standard InChI is InChI=1S/C16H19NO4/c1-21-12-4-2-3-10(7-12)13-8-14(13)15(18)17-6-5-11(9-17)16(19)20/h2-4,7,11,13-14H,5-6,8-9H2,1H3,(H,19,20)/t11-,13-,14-/m0/s1. The van der Waals surface area contributed by atoms with E-state index in [9.17, 15) is 9.59 Å². The highest BCUT2D eigenvalue weighted by Crippen LogP contribution is 2.49. The average Bonchev–Trinajstić information content (AvgIpc) is 3.14. The second-order valence-electron chi connectivity index (χ2n) is 5.83. The fourth-order valence-electron chi connectivity index (χ4n) is 3.10. The Bertz CT molecular complexity index is 571. The molecule has 0 aromatic heterocycles. The number of likely N-dealkylation sites (tertiary alicyclic amines) is 1. The highest BCUT2D eigenvalue weighted by molar-refractivity contribution is 5.84. The molecule has 1 amide bonds. The van der Waals surface area contributed by atoms with Crippen molar-refractivity contribution in [3.8, 4) is 5.75 Å². The maximum atomic E-state index is 12.4. The molecule has 2 fully saturated rings. The number of carbonyl (C=O) groups excluding carboxylic acids is 1. The highest BCUT2D eigenvalue weighted by Gasteiger charge is 2.47. The van der Waals surface area contributed by atoms with Gasteiger partial charge in [-0.1, -0.05) is 12.1 Å². The van der Waals surface area contributed by atoms with Gasteiger partial charge in [0, 0.05) is 19.0 Å². The van der Waals surface area contributed by atoms with Crippen LogP contribution in [0.2, 0.25) is 0 Å². The van der Waals surface area contributed by atoms with Crippen LogP contribution in [0, 0.1) is 11.8 Å². The molecule has 1 aliphatic heterocycles. The predicted octanol–water partition coefficient (Wildman–Crippen LogP) is 1.73. The molecule has 1 N–H and O–H groups in total. The molecular formula is C16H19NO4. The number of hydrogen-bond donors (Lipinski definition) is 1. The van der Waals surface area contributed by atoms with Crippen LogP contribution in [0.5, 0.6) is 5.75 Å². The Morgan fingerprint density at radius 3 is 2.86 bits per heavy atom. The van der Waals surface area contributed by atoms with Gasteiger partial charge in [0.05, 0.1) is 13.0 Å². The maximum Gasteiger partial charge on any atom is 0.308 e. The predicted molar refractivity (Wildman–Crippen MR) is 76.2 cm³/mol. The summed E-state index contributed by atoms with van der Waals surface area (Å²) in [5.41, 5.74) is 1.13. The smallest absolute Gasteiger partial charge is 0.308 e. The number of hydrogen-bond acceptors (Lipinski definition) is 3. The van der Waals surface area contributed by atoms with Crippen LogP contribution in [-0.4, -0.2) is 42.1 Å². The number of carbonyl (C=O) groups is 2. The summed E-state index contributed by atoms with van der Waals surface area (Å²) >= 11 is 0. The van der Waals surface area contributed by atoms with E-state index in [2.05, 4.69) is 0 Å². The van der Waals surface area contributed by atoms with Crippen molar-refractivity contribution in [2.45, 2.75) is 18.8 Å². The van der Waals surface area contributed by atoms with Gasteiger partial charge in [0.1, 0.15) is 5.75 Å². The van der Waals surface area contributed by atoms with Gasteiger partial charge in [-0.3, -0.25) is 9.59 Å². The minimum atomic E-state index is -0.801. The van der Waals surface area contributed by atoms with Gasteiger partial charge in [0.25, 0.3) is 0 Å². The van der Waals surface area contributed by atoms with E-state index in [4.69, 9.17) is 9.84 Å². The molecule has 5 heteroatoms. The van der Waals surface area contributed by atoms with Gasteiger partial charge < -0.3 is 14.7 Å². The Labute approximate surface area is 123 Å². The quantitative estimate of drug-likeness (QED) is 0.916. The molecular weight excluding hydrogens is 270 g/mol. The maximum absolute atomic E-state index is 12.4. The number of methoxy groups -OCH3 is 1. The third kappa shape index (κ3) is 2.73. The number of benzene rings is 1. The van der Waals surface area contributed by atoms with E-state index in [-0.39, 0.29) is 17.7 Å². The van der Waals surface area contributed by atoms with Crippen LogP contribution in [0.3, 0.4) is 0 Å². The second-order valence-corrected chi connectivity index (χ2v) is 5.83. The van der Waals surface area contributed by atoms with Gasteiger partial charge in [-0.05, 0) is 36.5 Å². The number of carboxylic acids is 1. The largest absolute Gasteiger partial charge is 0.497 e. The third-order valence-electron chi connectivity index (χ3n) is 4.48. The normalized spacial score (nSPS) is 27.5. The first-order valence-electron chi connectivity index (χ1n) is 7.25. The summed E-state index contributed by atoms with van der Waals surface area (Å²) in [4.78, 5) is 25.1. The molecule has 1 saturated carbocycles. The first-order valence-corrected chi connectivity index (χ1v) is 7.25. The molecule has 2 aliphatic rings. The Balaban J connectivity index is 1.62. The molecule has 1 aliphatic carbocycles. The molecule has 0 radical (unpaired) electrons. The molecule has 5 nitrogen and oxygen atoms in total. The molecule has 1 aromatic rings. The lowest BCUT2D eigenvalue weighted by Gasteiger charge is -2.15. The monoisotopic (exact) mass is 289 g/mol. The van der Waals surface area contributed by atoms with Gasteiger partial charge in [-0.25, -0.2) is 0 Å². The van der Waals surface area contributed by atoms with Crippen LogP contribution in [0.15, 0.2) is 24.3 Å². The zero-order valence-corrected chi connectivity index (χ0v) is 12.0. The molecule has 1 heterocycles. The van der Waals surface area contributed by atoms with Crippen molar-refractivity contribution in [3.05, 3.63) is 29.8 Å². The summed E-state index contributed by atoms with van der Waals surface area (Å²) in [6.45, 7) is 0.923. The average molecular weight is 289 g/mol. The SMILES string of the molecule is COc1cccc([C@@H]2C[C@@H]2C(=O)N2CC[C@H](C(=O)O)C2)c1. The summed E-state index contributed by atoms with van der Waals surface area (Å²) in [6.07, 6.45) is 1.41. The van der Waals surface area contributed by atoms with Gasteiger partial charge in [0.2, 0.25) is 5.91 Å². The Hall–Kier alpha value is -2.04. The lowest BCUT2D eigenvalue weighted by Crippen LogP contribution is -2.31. The zero-order chi connectivity index (χ0) is 15.0. The fraction of sp³-hybridized carbons (Fsp3) is 0.500. The summed E-state index contributed by atoms with van der Waals surface area (Å²) in [5, 5.41) is 9.00. The van der Waals surface area contributed by atoms with Crippen LogP contribution in [0.25, 0.3) is 0 Å². The van der Waals surface area contributed by atoms with E-state index in [1.54, 1.807) is 12.0 Å². The van der Waals surface area contributed by atoms with Gasteiger partial charge >= 0.3 is 5.97 Å². The van der Waals surface area contributed by atoms with Gasteiger partial charge in [0.15, 0.2) is 0 Å². The van der Waals surface area contributed by atoms with E-state index in [0.717, 1.165) is 17.7 Å². The van der Waals surface area contributed by atoms with Crippen LogP contribution in [0.4, 0.5) is 0 Å². The highest BCUT2D eigenvalue weighted by atomic mass is 16.5. The lowest BCUT2D eigenvalue weighted by molar-refractivity contribution is -0.141. The Morgan fingerprint density at radius 1 is 1.38 bits per heavy atom. The Kier molecular flexibility index (Phi) is 3.57.